The van der Waals surface area contributed by atoms with Gasteiger partial charge in [0.05, 0.1) is 17.7 Å². The Balaban J connectivity index is 1.95. The fraction of sp³-hybridized carbons (Fsp3) is 0.190. The van der Waals surface area contributed by atoms with Gasteiger partial charge in [0, 0.05) is 12.7 Å². The Hall–Kier alpha value is -3.30. The smallest absolute Gasteiger partial charge is 0.359 e. The van der Waals surface area contributed by atoms with Gasteiger partial charge in [0.1, 0.15) is 0 Å². The molecule has 1 amide bonds. The highest BCUT2D eigenvalue weighted by Crippen LogP contribution is 2.49. The van der Waals surface area contributed by atoms with E-state index in [1.165, 1.54) is 24.3 Å². The molecule has 0 bridgehead atoms. The van der Waals surface area contributed by atoms with E-state index in [4.69, 9.17) is 18.5 Å². The molecular weight excluding hydrogens is 441 g/mol. The van der Waals surface area contributed by atoms with Crippen LogP contribution in [0, 0.1) is 0 Å². The normalized spacial score (nSPS) is 11.2. The van der Waals surface area contributed by atoms with Gasteiger partial charge in [-0.1, -0.05) is 42.5 Å². The van der Waals surface area contributed by atoms with E-state index in [1.807, 2.05) is 0 Å². The highest BCUT2D eigenvalue weighted by atomic mass is 31.2. The zero-order valence-corrected chi connectivity index (χ0v) is 18.1. The van der Waals surface area contributed by atoms with Crippen LogP contribution in [0.15, 0.2) is 72.6 Å². The summed E-state index contributed by atoms with van der Waals surface area (Å²) in [6, 6.07) is 16.1. The van der Waals surface area contributed by atoms with E-state index in [2.05, 4.69) is 0 Å². The van der Waals surface area contributed by atoms with Crippen molar-refractivity contribution >= 4 is 25.4 Å². The average Bonchev–Trinajstić information content (AvgIpc) is 2.80. The van der Waals surface area contributed by atoms with E-state index >= 15 is 0 Å². The lowest BCUT2D eigenvalue weighted by Crippen LogP contribution is -2.24. The lowest BCUT2D eigenvalue weighted by Gasteiger charge is -2.16. The first-order chi connectivity index (χ1) is 15.3. The Labute approximate surface area is 184 Å². The molecule has 0 atom stereocenters. The second-order valence-corrected chi connectivity index (χ2v) is 8.01. The number of ether oxygens (including phenoxy) is 2. The molecule has 2 rings (SSSR count). The van der Waals surface area contributed by atoms with Gasteiger partial charge in [-0.25, -0.2) is 14.7 Å². The van der Waals surface area contributed by atoms with Crippen LogP contribution in [0.4, 0.5) is 0 Å². The number of amides is 1. The number of nitrogens with zero attached hydrogens (tertiary/aromatic N) is 1. The van der Waals surface area contributed by atoms with Crippen LogP contribution in [0.3, 0.4) is 0 Å². The van der Waals surface area contributed by atoms with Gasteiger partial charge in [0.15, 0.2) is 0 Å². The molecule has 0 aliphatic carbocycles. The van der Waals surface area contributed by atoms with Gasteiger partial charge in [0.25, 0.3) is 0 Å². The minimum absolute atomic E-state index is 0.261. The van der Waals surface area contributed by atoms with Gasteiger partial charge < -0.3 is 9.47 Å². The Morgan fingerprint density at radius 3 is 1.72 bits per heavy atom. The van der Waals surface area contributed by atoms with Crippen molar-refractivity contribution in [2.24, 2.45) is 0 Å². The lowest BCUT2D eigenvalue weighted by atomic mass is 10.2. The summed E-state index contributed by atoms with van der Waals surface area (Å²) >= 11 is 0. The average molecular weight is 463 g/mol. The van der Waals surface area contributed by atoms with E-state index < -0.39 is 39.0 Å². The number of hydroxylamine groups is 2. The summed E-state index contributed by atoms with van der Waals surface area (Å²) in [6.07, 6.45) is 1.15. The molecule has 0 aliphatic rings. The number of carbonyl (C=O) groups excluding carboxylic acids is 3. The first kappa shape index (κ1) is 25.0. The molecular formula is C21H22NO9P. The van der Waals surface area contributed by atoms with Crippen LogP contribution in [0.25, 0.3) is 0 Å². The van der Waals surface area contributed by atoms with E-state index in [1.54, 1.807) is 36.4 Å². The first-order valence-electron chi connectivity index (χ1n) is 9.28. The van der Waals surface area contributed by atoms with Crippen molar-refractivity contribution in [2.75, 3.05) is 20.1 Å². The SMILES string of the molecule is CC(=O)N(O)C/C=C/P(=O)(OCOC(=O)c1ccccc1)OCOC(=O)c1ccccc1. The van der Waals surface area contributed by atoms with Gasteiger partial charge in [-0.05, 0) is 24.3 Å². The van der Waals surface area contributed by atoms with Crippen LogP contribution in [0.5, 0.6) is 0 Å². The minimum atomic E-state index is -4.09. The Kier molecular flexibility index (Phi) is 9.77. The third kappa shape index (κ3) is 8.44. The summed E-state index contributed by atoms with van der Waals surface area (Å²) in [4.78, 5) is 35.0. The molecule has 2 aromatic rings. The number of hydrogen-bond acceptors (Lipinski definition) is 9. The maximum Gasteiger partial charge on any atom is 0.359 e. The van der Waals surface area contributed by atoms with Gasteiger partial charge in [-0.15, -0.1) is 0 Å². The van der Waals surface area contributed by atoms with Crippen LogP contribution in [-0.2, 0) is 27.9 Å². The third-order valence-corrected chi connectivity index (χ3v) is 5.30. The van der Waals surface area contributed by atoms with Crippen molar-refractivity contribution in [1.82, 2.24) is 5.06 Å². The van der Waals surface area contributed by atoms with Crippen molar-refractivity contribution in [3.63, 3.8) is 0 Å². The summed E-state index contributed by atoms with van der Waals surface area (Å²) < 4.78 is 32.9. The van der Waals surface area contributed by atoms with E-state index in [9.17, 15) is 24.2 Å². The molecule has 0 radical (unpaired) electrons. The maximum atomic E-state index is 12.9. The van der Waals surface area contributed by atoms with Crippen LogP contribution in [-0.4, -0.2) is 48.2 Å². The molecule has 10 nitrogen and oxygen atoms in total. The molecule has 0 unspecified atom stereocenters. The number of rotatable bonds is 11. The molecule has 0 aliphatic heterocycles. The standard InChI is InChI=1S/C21H22NO9P/c1-17(23)22(26)13-8-14-32(27,30-15-28-20(24)18-9-4-2-5-10-18)31-16-29-21(25)19-11-6-3-7-12-19/h2-12,14,26H,13,15-16H2,1H3/b14-8+. The fourth-order valence-corrected chi connectivity index (χ4v) is 3.15. The van der Waals surface area contributed by atoms with Crippen molar-refractivity contribution in [3.8, 4) is 0 Å². The van der Waals surface area contributed by atoms with Crippen molar-refractivity contribution in [2.45, 2.75) is 6.92 Å². The Morgan fingerprint density at radius 1 is 0.875 bits per heavy atom. The molecule has 11 heteroatoms. The maximum absolute atomic E-state index is 12.9. The summed E-state index contributed by atoms with van der Waals surface area (Å²) in [7, 11) is -4.09. The predicted molar refractivity (Wildman–Crippen MR) is 112 cm³/mol. The summed E-state index contributed by atoms with van der Waals surface area (Å²) in [6.45, 7) is -0.624. The van der Waals surface area contributed by atoms with Crippen molar-refractivity contribution in [1.29, 1.82) is 0 Å². The molecule has 0 saturated carbocycles. The second kappa shape index (κ2) is 12.5. The van der Waals surface area contributed by atoms with Gasteiger partial charge in [-0.2, -0.15) is 0 Å². The fourth-order valence-electron chi connectivity index (χ4n) is 2.15. The van der Waals surface area contributed by atoms with Crippen LogP contribution in [0.1, 0.15) is 27.6 Å². The second-order valence-electron chi connectivity index (χ2n) is 6.12. The zero-order valence-electron chi connectivity index (χ0n) is 17.2. The molecule has 0 saturated heterocycles. The molecule has 0 heterocycles. The highest BCUT2D eigenvalue weighted by Gasteiger charge is 2.23. The molecule has 0 spiro atoms. The monoisotopic (exact) mass is 463 g/mol. The van der Waals surface area contributed by atoms with Gasteiger partial charge in [0.2, 0.25) is 19.5 Å². The number of benzene rings is 2. The molecule has 32 heavy (non-hydrogen) atoms. The van der Waals surface area contributed by atoms with Crippen molar-refractivity contribution in [3.05, 3.63) is 83.7 Å². The molecule has 170 valence electrons. The van der Waals surface area contributed by atoms with E-state index in [0.717, 1.165) is 18.8 Å². The summed E-state index contributed by atoms with van der Waals surface area (Å²) in [5, 5.41) is 9.76. The Morgan fingerprint density at radius 2 is 1.31 bits per heavy atom. The predicted octanol–water partition coefficient (Wildman–Crippen LogP) is 3.59. The molecule has 2 aromatic carbocycles. The summed E-state index contributed by atoms with van der Waals surface area (Å²) in [5.74, 6) is -1.12. The zero-order chi connectivity index (χ0) is 23.4. The third-order valence-electron chi connectivity index (χ3n) is 3.79. The summed E-state index contributed by atoms with van der Waals surface area (Å²) in [5.41, 5.74) is 0.521. The number of hydrogen-bond donors (Lipinski definition) is 1. The largest absolute Gasteiger partial charge is 0.434 e. The van der Waals surface area contributed by atoms with E-state index in [0.29, 0.717) is 5.06 Å². The van der Waals surface area contributed by atoms with Gasteiger partial charge >= 0.3 is 19.5 Å². The number of carbonyl (C=O) groups is 3. The van der Waals surface area contributed by atoms with Gasteiger partial charge in [-0.3, -0.25) is 23.6 Å². The quantitative estimate of drug-likeness (QED) is 0.175. The van der Waals surface area contributed by atoms with E-state index in [-0.39, 0.29) is 17.7 Å². The number of esters is 2. The first-order valence-corrected chi connectivity index (χ1v) is 10.9. The lowest BCUT2D eigenvalue weighted by molar-refractivity contribution is -0.160. The van der Waals surface area contributed by atoms with Crippen LogP contribution >= 0.6 is 7.60 Å². The van der Waals surface area contributed by atoms with Crippen molar-refractivity contribution < 1.29 is 42.7 Å². The topological polar surface area (TPSA) is 129 Å². The molecule has 1 N–H and O–H groups in total. The van der Waals surface area contributed by atoms with Crippen LogP contribution < -0.4 is 0 Å². The molecule has 0 aromatic heterocycles. The van der Waals surface area contributed by atoms with Crippen LogP contribution in [0.2, 0.25) is 0 Å². The highest BCUT2D eigenvalue weighted by molar-refractivity contribution is 7.57. The Bertz CT molecular complexity index is 918. The minimum Gasteiger partial charge on any atom is -0.434 e. The molecule has 0 fully saturated rings.